The quantitative estimate of drug-likeness (QED) is 0.0261. The van der Waals surface area contributed by atoms with Gasteiger partial charge in [0.1, 0.15) is 13.2 Å². The highest BCUT2D eigenvalue weighted by Gasteiger charge is 2.19. The lowest BCUT2D eigenvalue weighted by Gasteiger charge is -2.18. The molecule has 1 atom stereocenters. The van der Waals surface area contributed by atoms with Crippen LogP contribution >= 0.6 is 0 Å². The Morgan fingerprint density at radius 3 is 0.756 bits per heavy atom. The van der Waals surface area contributed by atoms with Crippen molar-refractivity contribution in [2.24, 2.45) is 0 Å². The van der Waals surface area contributed by atoms with Gasteiger partial charge in [0.05, 0.1) is 0 Å². The molecule has 0 aliphatic heterocycles. The van der Waals surface area contributed by atoms with Crippen molar-refractivity contribution < 1.29 is 28.6 Å². The first-order valence-electron chi connectivity index (χ1n) is 34.9. The minimum absolute atomic E-state index is 0.0874. The predicted molar refractivity (Wildman–Crippen MR) is 357 cm³/mol. The van der Waals surface area contributed by atoms with E-state index in [1.165, 1.54) is 180 Å². The number of unbranched alkanes of at least 4 members (excludes halogenated alkanes) is 34. The van der Waals surface area contributed by atoms with E-state index < -0.39 is 6.10 Å². The van der Waals surface area contributed by atoms with Crippen LogP contribution in [0.2, 0.25) is 0 Å². The van der Waals surface area contributed by atoms with Crippen LogP contribution in [0.3, 0.4) is 0 Å². The van der Waals surface area contributed by atoms with Crippen LogP contribution in [0, 0.1) is 0 Å². The summed E-state index contributed by atoms with van der Waals surface area (Å²) in [6, 6.07) is 0. The maximum atomic E-state index is 13.0. The molecule has 0 saturated heterocycles. The average Bonchev–Trinajstić information content (AvgIpc) is 3.47. The lowest BCUT2D eigenvalue weighted by atomic mass is 10.0. The molecule has 0 N–H and O–H groups in total. The fourth-order valence-electron chi connectivity index (χ4n) is 9.81. The van der Waals surface area contributed by atoms with E-state index >= 15 is 0 Å². The first-order valence-corrected chi connectivity index (χ1v) is 34.9. The van der Waals surface area contributed by atoms with Crippen LogP contribution < -0.4 is 0 Å². The molecule has 0 bridgehead atoms. The molecule has 0 aliphatic rings. The molecule has 0 rings (SSSR count). The Morgan fingerprint density at radius 1 is 0.256 bits per heavy atom. The van der Waals surface area contributed by atoms with Crippen molar-refractivity contribution in [3.8, 4) is 0 Å². The van der Waals surface area contributed by atoms with Crippen LogP contribution in [-0.2, 0) is 28.6 Å². The minimum Gasteiger partial charge on any atom is -0.462 e. The zero-order valence-electron chi connectivity index (χ0n) is 54.0. The van der Waals surface area contributed by atoms with Gasteiger partial charge in [-0.3, -0.25) is 14.4 Å². The van der Waals surface area contributed by atoms with Gasteiger partial charge in [-0.15, -0.1) is 0 Å². The molecule has 0 amide bonds. The van der Waals surface area contributed by atoms with Gasteiger partial charge in [-0.1, -0.05) is 316 Å². The molecular weight excluding hydrogens is 1010 g/mol. The van der Waals surface area contributed by atoms with E-state index in [0.717, 1.165) is 116 Å². The second-order valence-corrected chi connectivity index (χ2v) is 23.1. The number of ether oxygens (including phenoxy) is 3. The zero-order valence-corrected chi connectivity index (χ0v) is 54.0. The molecule has 6 nitrogen and oxygen atoms in total. The normalized spacial score (nSPS) is 12.8. The van der Waals surface area contributed by atoms with Crippen molar-refractivity contribution in [3.63, 3.8) is 0 Å². The van der Waals surface area contributed by atoms with Crippen LogP contribution in [0.25, 0.3) is 0 Å². The average molecular weight is 1140 g/mol. The maximum Gasteiger partial charge on any atom is 0.306 e. The van der Waals surface area contributed by atoms with Crippen molar-refractivity contribution in [2.45, 2.75) is 341 Å². The Hall–Kier alpha value is -3.93. The van der Waals surface area contributed by atoms with E-state index in [-0.39, 0.29) is 31.1 Å². The van der Waals surface area contributed by atoms with Crippen LogP contribution in [0.1, 0.15) is 335 Å². The first-order chi connectivity index (χ1) is 40.5. The van der Waals surface area contributed by atoms with Crippen LogP contribution in [0.5, 0.6) is 0 Å². The van der Waals surface area contributed by atoms with Gasteiger partial charge in [0, 0.05) is 19.3 Å². The number of allylic oxidation sites excluding steroid dienone is 18. The van der Waals surface area contributed by atoms with E-state index in [2.05, 4.69) is 130 Å². The molecule has 0 saturated carbocycles. The molecule has 0 radical (unpaired) electrons. The Kier molecular flexibility index (Phi) is 66.2. The number of carbonyl (C=O) groups is 3. The summed E-state index contributed by atoms with van der Waals surface area (Å²) in [5.74, 6) is -0.909. The summed E-state index contributed by atoms with van der Waals surface area (Å²) in [7, 11) is 0. The minimum atomic E-state index is -0.795. The third-order valence-electron chi connectivity index (χ3n) is 15.0. The Labute approximate surface area is 508 Å². The van der Waals surface area contributed by atoms with E-state index in [4.69, 9.17) is 14.2 Å². The molecule has 1 unspecified atom stereocenters. The van der Waals surface area contributed by atoms with Gasteiger partial charge in [-0.05, 0) is 109 Å². The number of esters is 3. The summed E-state index contributed by atoms with van der Waals surface area (Å²) in [4.78, 5) is 38.5. The summed E-state index contributed by atoms with van der Waals surface area (Å²) >= 11 is 0. The van der Waals surface area contributed by atoms with Crippen molar-refractivity contribution in [1.82, 2.24) is 0 Å². The van der Waals surface area contributed by atoms with E-state index in [9.17, 15) is 14.4 Å². The smallest absolute Gasteiger partial charge is 0.306 e. The molecule has 6 heteroatoms. The molecule has 0 aliphatic carbocycles. The molecule has 470 valence electrons. The standard InChI is InChI=1S/C76H130O6/c1-4-7-10-13-16-19-22-25-28-31-33-35-37-38-40-41-43-45-48-51-54-57-60-63-66-69-75(78)81-72-73(71-80-74(77)68-65-62-59-56-53-50-47-30-27-24-21-18-15-12-9-6-3)82-76(79)70-67-64-61-58-55-52-49-46-44-42-39-36-34-32-29-26-23-20-17-14-11-8-5-2/h7,10,16,19,23,25-26,28,32-35,38,40,43,45,51,54,73H,4-6,8-9,11-15,17-18,20-22,24,27,29-31,36-37,39,41-42,44,46-50,52-53,55-72H2,1-3H3/b10-7-,19-16-,26-23-,28-25-,34-32-,35-33-,40-38-,45-43-,54-51-. The van der Waals surface area contributed by atoms with Gasteiger partial charge >= 0.3 is 17.9 Å². The Balaban J connectivity index is 4.43. The van der Waals surface area contributed by atoms with Crippen LogP contribution in [-0.4, -0.2) is 37.2 Å². The van der Waals surface area contributed by atoms with Gasteiger partial charge in [-0.25, -0.2) is 0 Å². The number of carbonyl (C=O) groups excluding carboxylic acids is 3. The molecule has 82 heavy (non-hydrogen) atoms. The molecule has 0 aromatic heterocycles. The molecular formula is C76H130O6. The highest BCUT2D eigenvalue weighted by molar-refractivity contribution is 5.71. The van der Waals surface area contributed by atoms with E-state index in [1.54, 1.807) is 0 Å². The van der Waals surface area contributed by atoms with Crippen molar-refractivity contribution in [1.29, 1.82) is 0 Å². The number of hydrogen-bond donors (Lipinski definition) is 0. The highest BCUT2D eigenvalue weighted by atomic mass is 16.6. The molecule has 0 fully saturated rings. The molecule has 0 spiro atoms. The highest BCUT2D eigenvalue weighted by Crippen LogP contribution is 2.17. The first kappa shape index (κ1) is 78.1. The van der Waals surface area contributed by atoms with Gasteiger partial charge in [0.15, 0.2) is 6.10 Å². The summed E-state index contributed by atoms with van der Waals surface area (Å²) in [6.07, 6.45) is 95.3. The fraction of sp³-hybridized carbons (Fsp3) is 0.724. The van der Waals surface area contributed by atoms with E-state index in [0.29, 0.717) is 19.3 Å². The summed E-state index contributed by atoms with van der Waals surface area (Å²) in [5, 5.41) is 0. The molecule has 0 heterocycles. The lowest BCUT2D eigenvalue weighted by Crippen LogP contribution is -2.30. The van der Waals surface area contributed by atoms with Crippen LogP contribution in [0.15, 0.2) is 109 Å². The maximum absolute atomic E-state index is 13.0. The Morgan fingerprint density at radius 2 is 0.476 bits per heavy atom. The third-order valence-corrected chi connectivity index (χ3v) is 15.0. The lowest BCUT2D eigenvalue weighted by molar-refractivity contribution is -0.167. The third kappa shape index (κ3) is 66.9. The molecule has 0 aromatic carbocycles. The van der Waals surface area contributed by atoms with Crippen molar-refractivity contribution >= 4 is 17.9 Å². The summed E-state index contributed by atoms with van der Waals surface area (Å²) in [6.45, 7) is 6.53. The predicted octanol–water partition coefficient (Wildman–Crippen LogP) is 24.2. The second kappa shape index (κ2) is 69.6. The van der Waals surface area contributed by atoms with Gasteiger partial charge in [-0.2, -0.15) is 0 Å². The van der Waals surface area contributed by atoms with Crippen LogP contribution in [0.4, 0.5) is 0 Å². The largest absolute Gasteiger partial charge is 0.462 e. The zero-order chi connectivity index (χ0) is 59.2. The van der Waals surface area contributed by atoms with Gasteiger partial charge in [0.2, 0.25) is 0 Å². The molecule has 0 aromatic rings. The summed E-state index contributed by atoms with van der Waals surface area (Å²) < 4.78 is 17.0. The second-order valence-electron chi connectivity index (χ2n) is 23.1. The number of hydrogen-bond acceptors (Lipinski definition) is 6. The van der Waals surface area contributed by atoms with Gasteiger partial charge < -0.3 is 14.2 Å². The fourth-order valence-corrected chi connectivity index (χ4v) is 9.81. The Bertz CT molecular complexity index is 1640. The van der Waals surface area contributed by atoms with E-state index in [1.807, 2.05) is 0 Å². The number of rotatable bonds is 63. The SMILES string of the molecule is CC/C=C\C/C=C\C/C=C\C/C=C\C/C=C\C/C=C\C/C=C\CCCCCC(=O)OCC(COC(=O)CCCCCCCCCCCCCCCCCC)OC(=O)CCCCCCCCCCCCC/C=C\C/C=C\CCCCCCC. The topological polar surface area (TPSA) is 78.9 Å². The monoisotopic (exact) mass is 1140 g/mol. The summed E-state index contributed by atoms with van der Waals surface area (Å²) in [5.41, 5.74) is 0. The van der Waals surface area contributed by atoms with Gasteiger partial charge in [0.25, 0.3) is 0 Å². The van der Waals surface area contributed by atoms with Crippen molar-refractivity contribution in [2.75, 3.05) is 13.2 Å². The van der Waals surface area contributed by atoms with Crippen molar-refractivity contribution in [3.05, 3.63) is 109 Å².